The summed E-state index contributed by atoms with van der Waals surface area (Å²) in [5, 5.41) is 3.00. The predicted molar refractivity (Wildman–Crippen MR) is 99.3 cm³/mol. The van der Waals surface area contributed by atoms with E-state index in [2.05, 4.69) is 20.9 Å². The minimum absolute atomic E-state index is 0.0241. The van der Waals surface area contributed by atoms with Gasteiger partial charge in [-0.1, -0.05) is 30.3 Å². The van der Waals surface area contributed by atoms with Crippen LogP contribution in [0.1, 0.15) is 30.1 Å². The summed E-state index contributed by atoms with van der Waals surface area (Å²) in [5.41, 5.74) is 2.78. The quantitative estimate of drug-likeness (QED) is 0.687. The number of hydrogen-bond acceptors (Lipinski definition) is 2. The summed E-state index contributed by atoms with van der Waals surface area (Å²) in [5.74, 6) is 0.735. The van der Waals surface area contributed by atoms with Crippen molar-refractivity contribution in [2.45, 2.75) is 32.2 Å². The molecule has 2 unspecified atom stereocenters. The lowest BCUT2D eigenvalue weighted by Crippen LogP contribution is -2.27. The maximum absolute atomic E-state index is 13.8. The summed E-state index contributed by atoms with van der Waals surface area (Å²) >= 11 is 0. The number of rotatable bonds is 6. The Balaban J connectivity index is 1.28. The van der Waals surface area contributed by atoms with Gasteiger partial charge in [-0.3, -0.25) is 4.79 Å². The molecule has 4 nitrogen and oxygen atoms in total. The monoisotopic (exact) mass is 351 g/mol. The first-order valence-corrected chi connectivity index (χ1v) is 9.09. The molecule has 5 heteroatoms. The molecule has 1 heterocycles. The lowest BCUT2D eigenvalue weighted by molar-refractivity contribution is -0.122. The van der Waals surface area contributed by atoms with E-state index in [1.165, 1.54) is 6.07 Å². The van der Waals surface area contributed by atoms with Crippen molar-refractivity contribution in [3.05, 3.63) is 65.7 Å². The highest BCUT2D eigenvalue weighted by Crippen LogP contribution is 2.48. The van der Waals surface area contributed by atoms with Gasteiger partial charge in [0, 0.05) is 19.0 Å². The third kappa shape index (κ3) is 3.21. The largest absolute Gasteiger partial charge is 0.356 e. The van der Waals surface area contributed by atoms with Crippen molar-refractivity contribution in [3.63, 3.8) is 0 Å². The predicted octanol–water partition coefficient (Wildman–Crippen LogP) is 3.79. The van der Waals surface area contributed by atoms with Gasteiger partial charge < -0.3 is 9.88 Å². The van der Waals surface area contributed by atoms with Crippen LogP contribution in [-0.4, -0.2) is 22.0 Å². The molecule has 26 heavy (non-hydrogen) atoms. The Morgan fingerprint density at radius 1 is 1.23 bits per heavy atom. The molecule has 0 radical (unpaired) electrons. The topological polar surface area (TPSA) is 46.9 Å². The van der Waals surface area contributed by atoms with Crippen LogP contribution in [0.25, 0.3) is 11.0 Å². The van der Waals surface area contributed by atoms with Crippen LogP contribution in [0.4, 0.5) is 4.39 Å². The maximum atomic E-state index is 13.8. The van der Waals surface area contributed by atoms with Gasteiger partial charge in [-0.05, 0) is 49.4 Å². The Morgan fingerprint density at radius 2 is 2.00 bits per heavy atom. The van der Waals surface area contributed by atoms with Crippen LogP contribution in [0, 0.1) is 18.7 Å². The Morgan fingerprint density at radius 3 is 2.85 bits per heavy atom. The first kappa shape index (κ1) is 16.8. The van der Waals surface area contributed by atoms with Crippen molar-refractivity contribution < 1.29 is 9.18 Å². The summed E-state index contributed by atoms with van der Waals surface area (Å²) in [6, 6.07) is 14.8. The number of para-hydroxylation sites is 2. The van der Waals surface area contributed by atoms with E-state index in [4.69, 9.17) is 0 Å². The van der Waals surface area contributed by atoms with E-state index in [0.717, 1.165) is 36.2 Å². The second kappa shape index (κ2) is 6.90. The molecule has 134 valence electrons. The number of imidazole rings is 1. The van der Waals surface area contributed by atoms with Crippen LogP contribution < -0.4 is 5.32 Å². The Kier molecular flexibility index (Phi) is 4.45. The van der Waals surface area contributed by atoms with Crippen molar-refractivity contribution in [2.75, 3.05) is 6.54 Å². The number of amides is 1. The van der Waals surface area contributed by atoms with E-state index in [9.17, 15) is 9.18 Å². The standard InChI is InChI=1S/C21H22FN3O/c1-14-24-19-9-4-5-10-20(19)25(14)12-6-11-23-21(26)17-13-16(17)15-7-2-3-8-18(15)22/h2-5,7-10,16-17H,6,11-13H2,1H3,(H,23,26). The van der Waals surface area contributed by atoms with Crippen LogP contribution in [0.3, 0.4) is 0 Å². The van der Waals surface area contributed by atoms with Gasteiger partial charge in [0.05, 0.1) is 11.0 Å². The van der Waals surface area contributed by atoms with Gasteiger partial charge >= 0.3 is 0 Å². The number of carbonyl (C=O) groups excluding carboxylic acids is 1. The number of benzene rings is 2. The number of hydrogen-bond donors (Lipinski definition) is 1. The average Bonchev–Trinajstić information content (AvgIpc) is 3.37. The van der Waals surface area contributed by atoms with Crippen LogP contribution in [0.15, 0.2) is 48.5 Å². The fraction of sp³-hybridized carbons (Fsp3) is 0.333. The zero-order valence-corrected chi connectivity index (χ0v) is 14.8. The number of carbonyl (C=O) groups is 1. The second-order valence-electron chi connectivity index (χ2n) is 6.91. The number of aryl methyl sites for hydroxylation is 2. The number of nitrogens with zero attached hydrogens (tertiary/aromatic N) is 2. The molecule has 1 N–H and O–H groups in total. The Bertz CT molecular complexity index is 949. The molecule has 3 aromatic rings. The molecule has 2 aromatic carbocycles. The van der Waals surface area contributed by atoms with Gasteiger partial charge in [-0.25, -0.2) is 9.37 Å². The highest BCUT2D eigenvalue weighted by Gasteiger charge is 2.44. The molecule has 2 atom stereocenters. The third-order valence-corrected chi connectivity index (χ3v) is 5.14. The molecule has 0 saturated heterocycles. The Labute approximate surface area is 152 Å². The van der Waals surface area contributed by atoms with Gasteiger partial charge in [-0.15, -0.1) is 0 Å². The minimum atomic E-state index is -0.213. The molecule has 1 saturated carbocycles. The van der Waals surface area contributed by atoms with E-state index >= 15 is 0 Å². The second-order valence-corrected chi connectivity index (χ2v) is 6.91. The highest BCUT2D eigenvalue weighted by molar-refractivity contribution is 5.82. The van der Waals surface area contributed by atoms with Gasteiger partial charge in [0.15, 0.2) is 0 Å². The molecular weight excluding hydrogens is 329 g/mol. The van der Waals surface area contributed by atoms with Gasteiger partial charge in [-0.2, -0.15) is 0 Å². The molecule has 1 fully saturated rings. The molecule has 0 aliphatic heterocycles. The first-order valence-electron chi connectivity index (χ1n) is 9.09. The third-order valence-electron chi connectivity index (χ3n) is 5.14. The number of nitrogens with one attached hydrogen (secondary N) is 1. The van der Waals surface area contributed by atoms with E-state index in [1.807, 2.05) is 31.2 Å². The lowest BCUT2D eigenvalue weighted by atomic mass is 10.1. The van der Waals surface area contributed by atoms with E-state index in [1.54, 1.807) is 12.1 Å². The van der Waals surface area contributed by atoms with Crippen molar-refractivity contribution >= 4 is 16.9 Å². The number of fused-ring (bicyclic) bond motifs is 1. The van der Waals surface area contributed by atoms with Crippen molar-refractivity contribution in [2.24, 2.45) is 5.92 Å². The summed E-state index contributed by atoms with van der Waals surface area (Å²) in [6.45, 7) is 3.43. The summed E-state index contributed by atoms with van der Waals surface area (Å²) in [7, 11) is 0. The molecule has 0 spiro atoms. The fourth-order valence-corrected chi connectivity index (χ4v) is 3.66. The van der Waals surface area contributed by atoms with Crippen LogP contribution in [0.5, 0.6) is 0 Å². The lowest BCUT2D eigenvalue weighted by Gasteiger charge is -2.08. The van der Waals surface area contributed by atoms with Crippen molar-refractivity contribution in [1.29, 1.82) is 0 Å². The fourth-order valence-electron chi connectivity index (χ4n) is 3.66. The normalized spacial score (nSPS) is 18.8. The highest BCUT2D eigenvalue weighted by atomic mass is 19.1. The SMILES string of the molecule is Cc1nc2ccccc2n1CCCNC(=O)C1CC1c1ccccc1F. The summed E-state index contributed by atoms with van der Waals surface area (Å²) < 4.78 is 16.0. The zero-order valence-electron chi connectivity index (χ0n) is 14.8. The molecule has 1 aromatic heterocycles. The summed E-state index contributed by atoms with van der Waals surface area (Å²) in [4.78, 5) is 16.8. The molecule has 1 aliphatic rings. The molecule has 1 amide bonds. The molecular formula is C21H22FN3O. The number of halogens is 1. The van der Waals surface area contributed by atoms with E-state index < -0.39 is 0 Å². The van der Waals surface area contributed by atoms with E-state index in [-0.39, 0.29) is 23.6 Å². The maximum Gasteiger partial charge on any atom is 0.223 e. The minimum Gasteiger partial charge on any atom is -0.356 e. The van der Waals surface area contributed by atoms with Crippen LogP contribution >= 0.6 is 0 Å². The van der Waals surface area contributed by atoms with Gasteiger partial charge in [0.25, 0.3) is 0 Å². The average molecular weight is 351 g/mol. The van der Waals surface area contributed by atoms with E-state index in [0.29, 0.717) is 12.1 Å². The van der Waals surface area contributed by atoms with Crippen LogP contribution in [0.2, 0.25) is 0 Å². The van der Waals surface area contributed by atoms with Crippen molar-refractivity contribution in [1.82, 2.24) is 14.9 Å². The molecule has 1 aliphatic carbocycles. The molecule has 0 bridgehead atoms. The van der Waals surface area contributed by atoms with Gasteiger partial charge in [0.1, 0.15) is 11.6 Å². The Hall–Kier alpha value is -2.69. The van der Waals surface area contributed by atoms with Crippen molar-refractivity contribution in [3.8, 4) is 0 Å². The van der Waals surface area contributed by atoms with Gasteiger partial charge in [0.2, 0.25) is 5.91 Å². The van der Waals surface area contributed by atoms with Crippen LogP contribution in [-0.2, 0) is 11.3 Å². The zero-order chi connectivity index (χ0) is 18.1. The number of aromatic nitrogens is 2. The smallest absolute Gasteiger partial charge is 0.223 e. The first-order chi connectivity index (χ1) is 12.6. The summed E-state index contributed by atoms with van der Waals surface area (Å²) in [6.07, 6.45) is 1.57. The molecule has 4 rings (SSSR count).